The molecule has 136 valence electrons. The standard InChI is InChI=1S/C21H24N2O3/c1-15(17-8-4-3-5-9-17)14-22-20(24)12-13-23-18-10-6-7-11-19(18)26-16(2)21(23)25/h3-11,15-16H,12-14H2,1-2H3,(H,22,24). The number of ether oxygens (including phenoxy) is 1. The Labute approximate surface area is 154 Å². The zero-order chi connectivity index (χ0) is 18.5. The Morgan fingerprint density at radius 3 is 2.62 bits per heavy atom. The Morgan fingerprint density at radius 1 is 1.15 bits per heavy atom. The van der Waals surface area contributed by atoms with Gasteiger partial charge in [0.05, 0.1) is 5.69 Å². The molecule has 2 atom stereocenters. The molecule has 5 heteroatoms. The average Bonchev–Trinajstić information content (AvgIpc) is 2.67. The van der Waals surface area contributed by atoms with Crippen LogP contribution in [0.3, 0.4) is 0 Å². The van der Waals surface area contributed by atoms with Crippen molar-refractivity contribution in [2.24, 2.45) is 0 Å². The summed E-state index contributed by atoms with van der Waals surface area (Å²) in [5.41, 5.74) is 1.92. The number of benzene rings is 2. The van der Waals surface area contributed by atoms with Crippen LogP contribution in [-0.2, 0) is 9.59 Å². The van der Waals surface area contributed by atoms with E-state index in [1.807, 2.05) is 42.5 Å². The van der Waals surface area contributed by atoms with Gasteiger partial charge < -0.3 is 15.0 Å². The first-order valence-electron chi connectivity index (χ1n) is 8.95. The van der Waals surface area contributed by atoms with E-state index in [2.05, 4.69) is 24.4 Å². The van der Waals surface area contributed by atoms with Gasteiger partial charge in [-0.25, -0.2) is 0 Å². The SMILES string of the molecule is CC1Oc2ccccc2N(CCC(=O)NCC(C)c2ccccc2)C1=O. The Morgan fingerprint density at radius 2 is 1.85 bits per heavy atom. The number of hydrogen-bond acceptors (Lipinski definition) is 3. The van der Waals surface area contributed by atoms with Gasteiger partial charge in [0.2, 0.25) is 5.91 Å². The van der Waals surface area contributed by atoms with E-state index in [1.165, 1.54) is 5.56 Å². The highest BCUT2D eigenvalue weighted by Gasteiger charge is 2.31. The predicted molar refractivity (Wildman–Crippen MR) is 101 cm³/mol. The minimum Gasteiger partial charge on any atom is -0.479 e. The summed E-state index contributed by atoms with van der Waals surface area (Å²) in [5, 5.41) is 2.96. The molecule has 26 heavy (non-hydrogen) atoms. The van der Waals surface area contributed by atoms with Gasteiger partial charge in [-0.2, -0.15) is 0 Å². The van der Waals surface area contributed by atoms with Crippen molar-refractivity contribution in [3.05, 3.63) is 60.2 Å². The van der Waals surface area contributed by atoms with Gasteiger partial charge in [0, 0.05) is 19.5 Å². The Bertz CT molecular complexity index is 776. The number of hydrogen-bond donors (Lipinski definition) is 1. The summed E-state index contributed by atoms with van der Waals surface area (Å²) in [7, 11) is 0. The second kappa shape index (κ2) is 8.04. The van der Waals surface area contributed by atoms with Gasteiger partial charge in [-0.1, -0.05) is 49.4 Å². The first-order valence-corrected chi connectivity index (χ1v) is 8.95. The van der Waals surface area contributed by atoms with Crippen LogP contribution in [0.4, 0.5) is 5.69 Å². The average molecular weight is 352 g/mol. The molecular weight excluding hydrogens is 328 g/mol. The van der Waals surface area contributed by atoms with Crippen molar-refractivity contribution in [1.82, 2.24) is 5.32 Å². The summed E-state index contributed by atoms with van der Waals surface area (Å²) in [6, 6.07) is 17.5. The minimum absolute atomic E-state index is 0.0581. The van der Waals surface area contributed by atoms with E-state index in [1.54, 1.807) is 11.8 Å². The molecule has 0 aliphatic carbocycles. The summed E-state index contributed by atoms with van der Waals surface area (Å²) in [5.74, 6) is 0.745. The quantitative estimate of drug-likeness (QED) is 0.869. The number of para-hydroxylation sites is 2. The molecule has 1 N–H and O–H groups in total. The van der Waals surface area contributed by atoms with Crippen LogP contribution < -0.4 is 15.0 Å². The minimum atomic E-state index is -0.536. The topological polar surface area (TPSA) is 58.6 Å². The molecule has 0 bridgehead atoms. The molecule has 0 spiro atoms. The van der Waals surface area contributed by atoms with Crippen molar-refractivity contribution < 1.29 is 14.3 Å². The van der Waals surface area contributed by atoms with Crippen LogP contribution in [0.15, 0.2) is 54.6 Å². The van der Waals surface area contributed by atoms with E-state index in [0.717, 1.165) is 5.69 Å². The molecular formula is C21H24N2O3. The zero-order valence-corrected chi connectivity index (χ0v) is 15.1. The molecule has 1 aliphatic heterocycles. The summed E-state index contributed by atoms with van der Waals surface area (Å²) in [4.78, 5) is 26.3. The van der Waals surface area contributed by atoms with Crippen molar-refractivity contribution in [2.75, 3.05) is 18.0 Å². The fourth-order valence-electron chi connectivity index (χ4n) is 3.06. The molecule has 2 aromatic rings. The Hall–Kier alpha value is -2.82. The number of nitrogens with one attached hydrogen (secondary N) is 1. The maximum atomic E-state index is 12.4. The van der Waals surface area contributed by atoms with Gasteiger partial charge >= 0.3 is 0 Å². The van der Waals surface area contributed by atoms with Gasteiger partial charge in [-0.15, -0.1) is 0 Å². The molecule has 3 rings (SSSR count). The fraction of sp³-hybridized carbons (Fsp3) is 0.333. The first-order chi connectivity index (χ1) is 12.6. The molecule has 0 radical (unpaired) electrons. The number of carbonyl (C=O) groups is 2. The van der Waals surface area contributed by atoms with Crippen molar-refractivity contribution in [3.63, 3.8) is 0 Å². The van der Waals surface area contributed by atoms with E-state index < -0.39 is 6.10 Å². The largest absolute Gasteiger partial charge is 0.479 e. The first kappa shape index (κ1) is 18.0. The van der Waals surface area contributed by atoms with Gasteiger partial charge in [0.15, 0.2) is 6.10 Å². The van der Waals surface area contributed by atoms with E-state index in [0.29, 0.717) is 18.8 Å². The zero-order valence-electron chi connectivity index (χ0n) is 15.1. The van der Waals surface area contributed by atoms with Crippen molar-refractivity contribution in [1.29, 1.82) is 0 Å². The third kappa shape index (κ3) is 4.04. The van der Waals surface area contributed by atoms with Crippen LogP contribution in [0.5, 0.6) is 5.75 Å². The third-order valence-electron chi connectivity index (χ3n) is 4.61. The molecule has 1 heterocycles. The molecule has 0 saturated carbocycles. The number of anilines is 1. The smallest absolute Gasteiger partial charge is 0.267 e. The summed E-state index contributed by atoms with van der Waals surface area (Å²) in [6.07, 6.45) is -0.278. The number of fused-ring (bicyclic) bond motifs is 1. The molecule has 0 saturated heterocycles. The summed E-state index contributed by atoms with van der Waals surface area (Å²) < 4.78 is 5.62. The van der Waals surface area contributed by atoms with Crippen LogP contribution in [0.1, 0.15) is 31.7 Å². The van der Waals surface area contributed by atoms with Gasteiger partial charge in [-0.05, 0) is 30.5 Å². The highest BCUT2D eigenvalue weighted by Crippen LogP contribution is 2.33. The maximum absolute atomic E-state index is 12.4. The fourth-order valence-corrected chi connectivity index (χ4v) is 3.06. The van der Waals surface area contributed by atoms with E-state index in [-0.39, 0.29) is 24.2 Å². The van der Waals surface area contributed by atoms with Crippen LogP contribution >= 0.6 is 0 Å². The normalized spacial score (nSPS) is 17.2. The van der Waals surface area contributed by atoms with E-state index >= 15 is 0 Å². The van der Waals surface area contributed by atoms with Crippen molar-refractivity contribution in [3.8, 4) is 5.75 Å². The van der Waals surface area contributed by atoms with E-state index in [4.69, 9.17) is 4.74 Å². The molecule has 2 unspecified atom stereocenters. The van der Waals surface area contributed by atoms with Gasteiger partial charge in [0.1, 0.15) is 5.75 Å². The molecule has 2 aromatic carbocycles. The Balaban J connectivity index is 1.55. The van der Waals surface area contributed by atoms with Crippen LogP contribution in [0.25, 0.3) is 0 Å². The molecule has 2 amide bonds. The molecule has 5 nitrogen and oxygen atoms in total. The second-order valence-corrected chi connectivity index (χ2v) is 6.58. The third-order valence-corrected chi connectivity index (χ3v) is 4.61. The monoisotopic (exact) mass is 352 g/mol. The second-order valence-electron chi connectivity index (χ2n) is 6.58. The molecule has 0 fully saturated rings. The number of amides is 2. The van der Waals surface area contributed by atoms with Gasteiger partial charge in [-0.3, -0.25) is 9.59 Å². The lowest BCUT2D eigenvalue weighted by Crippen LogP contribution is -2.45. The summed E-state index contributed by atoms with van der Waals surface area (Å²) >= 11 is 0. The molecule has 0 aromatic heterocycles. The lowest BCUT2D eigenvalue weighted by Gasteiger charge is -2.32. The molecule has 1 aliphatic rings. The van der Waals surface area contributed by atoms with Crippen molar-refractivity contribution in [2.45, 2.75) is 32.3 Å². The van der Waals surface area contributed by atoms with E-state index in [9.17, 15) is 9.59 Å². The number of carbonyl (C=O) groups excluding carboxylic acids is 2. The van der Waals surface area contributed by atoms with Crippen LogP contribution in [0, 0.1) is 0 Å². The van der Waals surface area contributed by atoms with Gasteiger partial charge in [0.25, 0.3) is 5.91 Å². The lowest BCUT2D eigenvalue weighted by molar-refractivity contribution is -0.125. The maximum Gasteiger partial charge on any atom is 0.267 e. The number of nitrogens with zero attached hydrogens (tertiary/aromatic N) is 1. The lowest BCUT2D eigenvalue weighted by atomic mass is 10.0. The number of rotatable bonds is 6. The summed E-state index contributed by atoms with van der Waals surface area (Å²) in [6.45, 7) is 4.73. The highest BCUT2D eigenvalue weighted by molar-refractivity contribution is 6.00. The van der Waals surface area contributed by atoms with Crippen molar-refractivity contribution >= 4 is 17.5 Å². The Kier molecular flexibility index (Phi) is 5.56. The van der Waals surface area contributed by atoms with Crippen LogP contribution in [0.2, 0.25) is 0 Å². The van der Waals surface area contributed by atoms with Crippen LogP contribution in [-0.4, -0.2) is 31.0 Å². The predicted octanol–water partition coefficient (Wildman–Crippen LogP) is 3.11. The highest BCUT2D eigenvalue weighted by atomic mass is 16.5.